The average molecular weight is 247 g/mol. The molecule has 1 rings (SSSR count). The minimum atomic E-state index is 0.239. The van der Waals surface area contributed by atoms with Crippen LogP contribution in [0.1, 0.15) is 18.4 Å². The van der Waals surface area contributed by atoms with Crippen molar-refractivity contribution in [1.29, 1.82) is 0 Å². The van der Waals surface area contributed by atoms with Gasteiger partial charge >= 0.3 is 0 Å². The lowest BCUT2D eigenvalue weighted by molar-refractivity contribution is 0.487. The first-order valence-corrected chi connectivity index (χ1v) is 5.94. The van der Waals surface area contributed by atoms with Crippen LogP contribution in [0.25, 0.3) is 0 Å². The molecule has 1 atom stereocenters. The lowest BCUT2D eigenvalue weighted by Crippen LogP contribution is -2.36. The van der Waals surface area contributed by atoms with E-state index in [1.807, 2.05) is 24.3 Å². The van der Waals surface area contributed by atoms with E-state index in [1.54, 1.807) is 0 Å². The van der Waals surface area contributed by atoms with E-state index in [0.717, 1.165) is 29.8 Å². The molecule has 0 saturated carbocycles. The second-order valence-electron chi connectivity index (χ2n) is 3.49. The fourth-order valence-electron chi connectivity index (χ4n) is 1.50. The van der Waals surface area contributed by atoms with Crippen molar-refractivity contribution in [3.63, 3.8) is 0 Å². The van der Waals surface area contributed by atoms with E-state index in [9.17, 15) is 0 Å². The van der Waals surface area contributed by atoms with Gasteiger partial charge in [-0.2, -0.15) is 0 Å². The van der Waals surface area contributed by atoms with Crippen molar-refractivity contribution in [3.05, 3.63) is 34.9 Å². The highest BCUT2D eigenvalue weighted by Gasteiger charge is 2.09. The Balaban J connectivity index is 2.54. The summed E-state index contributed by atoms with van der Waals surface area (Å²) < 4.78 is 0. The topological polar surface area (TPSA) is 38.0 Å². The highest BCUT2D eigenvalue weighted by Crippen LogP contribution is 2.17. The maximum atomic E-state index is 6.06. The summed E-state index contributed by atoms with van der Waals surface area (Å²) in [5.41, 5.74) is 3.92. The maximum Gasteiger partial charge on any atom is 0.0438 e. The van der Waals surface area contributed by atoms with Crippen LogP contribution in [-0.4, -0.2) is 11.9 Å². The summed E-state index contributed by atoms with van der Waals surface area (Å²) in [6, 6.07) is 8.06. The van der Waals surface area contributed by atoms with Gasteiger partial charge in [0.15, 0.2) is 0 Å². The molecule has 1 aromatic rings. The Bertz CT molecular complexity index is 292. The van der Waals surface area contributed by atoms with Crippen LogP contribution >= 0.6 is 23.2 Å². The fraction of sp³-hybridized carbons (Fsp3) is 0.455. The standard InChI is InChI=1S/C11H16Cl2N2/c12-7-3-5-10(15-14)8-9-4-1-2-6-11(9)13/h1-2,4,6,10,15H,3,5,7-8,14H2. The van der Waals surface area contributed by atoms with Crippen molar-refractivity contribution >= 4 is 23.2 Å². The molecule has 0 aliphatic heterocycles. The second-order valence-corrected chi connectivity index (χ2v) is 4.28. The zero-order valence-corrected chi connectivity index (χ0v) is 10.1. The van der Waals surface area contributed by atoms with Crippen LogP contribution < -0.4 is 11.3 Å². The number of alkyl halides is 1. The summed E-state index contributed by atoms with van der Waals surface area (Å²) >= 11 is 11.7. The van der Waals surface area contributed by atoms with Gasteiger partial charge in [-0.15, -0.1) is 11.6 Å². The van der Waals surface area contributed by atoms with E-state index in [2.05, 4.69) is 5.43 Å². The molecule has 1 aromatic carbocycles. The van der Waals surface area contributed by atoms with Crippen LogP contribution in [0.3, 0.4) is 0 Å². The number of hydrogen-bond donors (Lipinski definition) is 2. The van der Waals surface area contributed by atoms with Crippen molar-refractivity contribution < 1.29 is 0 Å². The zero-order valence-electron chi connectivity index (χ0n) is 8.55. The molecule has 0 saturated heterocycles. The van der Waals surface area contributed by atoms with E-state index < -0.39 is 0 Å². The first-order chi connectivity index (χ1) is 7.27. The molecule has 0 aliphatic rings. The summed E-state index contributed by atoms with van der Waals surface area (Å²) in [5, 5.41) is 0.795. The van der Waals surface area contributed by atoms with Crippen molar-refractivity contribution in [2.75, 3.05) is 5.88 Å². The summed E-state index contributed by atoms with van der Waals surface area (Å²) in [6.45, 7) is 0. The minimum Gasteiger partial charge on any atom is -0.271 e. The molecular weight excluding hydrogens is 231 g/mol. The van der Waals surface area contributed by atoms with Crippen LogP contribution in [0.2, 0.25) is 5.02 Å². The molecule has 3 N–H and O–H groups in total. The van der Waals surface area contributed by atoms with Crippen molar-refractivity contribution in [1.82, 2.24) is 5.43 Å². The quantitative estimate of drug-likeness (QED) is 0.461. The molecular formula is C11H16Cl2N2. The van der Waals surface area contributed by atoms with Gasteiger partial charge in [-0.05, 0) is 30.9 Å². The van der Waals surface area contributed by atoms with Gasteiger partial charge in [0.05, 0.1) is 0 Å². The molecule has 0 heterocycles. The van der Waals surface area contributed by atoms with E-state index in [0.29, 0.717) is 5.88 Å². The molecule has 0 aliphatic carbocycles. The Kier molecular flexibility index (Phi) is 6.03. The lowest BCUT2D eigenvalue weighted by Gasteiger charge is -2.15. The minimum absolute atomic E-state index is 0.239. The predicted molar refractivity (Wildman–Crippen MR) is 66.2 cm³/mol. The van der Waals surface area contributed by atoms with Gasteiger partial charge in [-0.3, -0.25) is 11.3 Å². The summed E-state index contributed by atoms with van der Waals surface area (Å²) in [4.78, 5) is 0. The van der Waals surface area contributed by atoms with Crippen LogP contribution in [0.15, 0.2) is 24.3 Å². The van der Waals surface area contributed by atoms with Crippen molar-refractivity contribution in [3.8, 4) is 0 Å². The highest BCUT2D eigenvalue weighted by atomic mass is 35.5. The van der Waals surface area contributed by atoms with Gasteiger partial charge in [-0.1, -0.05) is 29.8 Å². The molecule has 0 spiro atoms. The predicted octanol–water partition coefficient (Wildman–Crippen LogP) is 2.73. The SMILES string of the molecule is NNC(CCCCl)Cc1ccccc1Cl. The van der Waals surface area contributed by atoms with Crippen molar-refractivity contribution in [2.24, 2.45) is 5.84 Å². The average Bonchev–Trinajstić information content (AvgIpc) is 2.26. The van der Waals surface area contributed by atoms with E-state index in [4.69, 9.17) is 29.0 Å². The van der Waals surface area contributed by atoms with Gasteiger partial charge in [0.25, 0.3) is 0 Å². The lowest BCUT2D eigenvalue weighted by atomic mass is 10.0. The van der Waals surface area contributed by atoms with Gasteiger partial charge in [-0.25, -0.2) is 0 Å². The molecule has 1 unspecified atom stereocenters. The third kappa shape index (κ3) is 4.39. The number of rotatable bonds is 6. The Morgan fingerprint density at radius 2 is 2.07 bits per heavy atom. The van der Waals surface area contributed by atoms with Crippen LogP contribution in [-0.2, 0) is 6.42 Å². The Morgan fingerprint density at radius 3 is 2.67 bits per heavy atom. The number of nitrogens with two attached hydrogens (primary N) is 1. The van der Waals surface area contributed by atoms with Gasteiger partial charge < -0.3 is 0 Å². The first kappa shape index (κ1) is 12.8. The molecule has 2 nitrogen and oxygen atoms in total. The summed E-state index contributed by atoms with van der Waals surface area (Å²) in [5.74, 6) is 6.14. The summed E-state index contributed by atoms with van der Waals surface area (Å²) in [7, 11) is 0. The zero-order chi connectivity index (χ0) is 11.1. The summed E-state index contributed by atoms with van der Waals surface area (Å²) in [6.07, 6.45) is 2.76. The molecule has 15 heavy (non-hydrogen) atoms. The molecule has 0 radical (unpaired) electrons. The molecule has 0 fully saturated rings. The monoisotopic (exact) mass is 246 g/mol. The van der Waals surface area contributed by atoms with E-state index in [1.165, 1.54) is 0 Å². The van der Waals surface area contributed by atoms with Crippen LogP contribution in [0.5, 0.6) is 0 Å². The molecule has 0 bridgehead atoms. The Hall–Kier alpha value is -0.280. The molecule has 4 heteroatoms. The second kappa shape index (κ2) is 7.07. The largest absolute Gasteiger partial charge is 0.271 e. The Labute approximate surface area is 101 Å². The van der Waals surface area contributed by atoms with Gasteiger partial charge in [0, 0.05) is 16.9 Å². The normalized spacial score (nSPS) is 12.7. The fourth-order valence-corrected chi connectivity index (χ4v) is 1.86. The third-order valence-corrected chi connectivity index (χ3v) is 2.98. The van der Waals surface area contributed by atoms with Gasteiger partial charge in [0.2, 0.25) is 0 Å². The van der Waals surface area contributed by atoms with E-state index >= 15 is 0 Å². The number of hydrogen-bond acceptors (Lipinski definition) is 2. The van der Waals surface area contributed by atoms with E-state index in [-0.39, 0.29) is 6.04 Å². The van der Waals surface area contributed by atoms with Crippen LogP contribution in [0.4, 0.5) is 0 Å². The van der Waals surface area contributed by atoms with Crippen LogP contribution in [0, 0.1) is 0 Å². The molecule has 0 amide bonds. The van der Waals surface area contributed by atoms with Crippen molar-refractivity contribution in [2.45, 2.75) is 25.3 Å². The Morgan fingerprint density at radius 1 is 1.33 bits per heavy atom. The number of nitrogens with one attached hydrogen (secondary N) is 1. The number of hydrazine groups is 1. The number of benzene rings is 1. The van der Waals surface area contributed by atoms with Gasteiger partial charge in [0.1, 0.15) is 0 Å². The molecule has 0 aromatic heterocycles. The smallest absolute Gasteiger partial charge is 0.0438 e. The third-order valence-electron chi connectivity index (χ3n) is 2.35. The highest BCUT2D eigenvalue weighted by molar-refractivity contribution is 6.31. The molecule has 84 valence electrons. The number of halogens is 2. The first-order valence-electron chi connectivity index (χ1n) is 5.03. The maximum absolute atomic E-state index is 6.06.